The van der Waals surface area contributed by atoms with E-state index in [2.05, 4.69) is 11.4 Å². The molecule has 1 amide bonds. The molecule has 0 aliphatic heterocycles. The van der Waals surface area contributed by atoms with Gasteiger partial charge in [0, 0.05) is 7.05 Å². The van der Waals surface area contributed by atoms with Crippen LogP contribution in [0.15, 0.2) is 53.4 Å². The van der Waals surface area contributed by atoms with Gasteiger partial charge in [-0.05, 0) is 43.5 Å². The standard InChI is InChI=1S/C20H26N2O3S/c1-5-19(18-12-11-15(2)13-16(18)3)21-20(23)14-22(4)26(24,25)17-9-7-6-8-10-17/h6-13,19H,5,14H2,1-4H3,(H,21,23)/t19-/m1/s1. The molecule has 0 spiro atoms. The molecule has 0 saturated carbocycles. The Labute approximate surface area is 156 Å². The van der Waals surface area contributed by atoms with Crippen LogP contribution in [0.2, 0.25) is 0 Å². The normalized spacial score (nSPS) is 12.8. The van der Waals surface area contributed by atoms with Crippen molar-refractivity contribution in [2.75, 3.05) is 13.6 Å². The highest BCUT2D eigenvalue weighted by molar-refractivity contribution is 7.89. The Morgan fingerprint density at radius 3 is 2.35 bits per heavy atom. The second kappa shape index (κ2) is 8.47. The number of hydrogen-bond donors (Lipinski definition) is 1. The van der Waals surface area contributed by atoms with Crippen molar-refractivity contribution in [1.29, 1.82) is 0 Å². The minimum Gasteiger partial charge on any atom is -0.348 e. The van der Waals surface area contributed by atoms with Crippen molar-refractivity contribution in [3.05, 3.63) is 65.2 Å². The fraction of sp³-hybridized carbons (Fsp3) is 0.350. The lowest BCUT2D eigenvalue weighted by Gasteiger charge is -2.22. The average molecular weight is 375 g/mol. The third-order valence-electron chi connectivity index (χ3n) is 4.36. The first-order valence-electron chi connectivity index (χ1n) is 8.63. The summed E-state index contributed by atoms with van der Waals surface area (Å²) < 4.78 is 26.1. The summed E-state index contributed by atoms with van der Waals surface area (Å²) in [4.78, 5) is 12.6. The predicted octanol–water partition coefficient (Wildman–Crippen LogP) is 3.19. The Morgan fingerprint density at radius 2 is 1.77 bits per heavy atom. The van der Waals surface area contributed by atoms with Gasteiger partial charge in [-0.15, -0.1) is 0 Å². The summed E-state index contributed by atoms with van der Waals surface area (Å²) in [6.07, 6.45) is 0.727. The molecule has 0 unspecified atom stereocenters. The topological polar surface area (TPSA) is 66.5 Å². The fourth-order valence-electron chi connectivity index (χ4n) is 2.92. The molecule has 0 bridgehead atoms. The second-order valence-corrected chi connectivity index (χ2v) is 8.51. The van der Waals surface area contributed by atoms with Crippen LogP contribution in [-0.4, -0.2) is 32.2 Å². The first kappa shape index (κ1) is 20.1. The van der Waals surface area contributed by atoms with Crippen LogP contribution in [0.4, 0.5) is 0 Å². The molecule has 140 valence electrons. The molecular formula is C20H26N2O3S. The molecule has 2 aromatic rings. The van der Waals surface area contributed by atoms with Crippen LogP contribution in [0.3, 0.4) is 0 Å². The number of rotatable bonds is 7. The Balaban J connectivity index is 2.09. The first-order valence-corrected chi connectivity index (χ1v) is 10.1. The predicted molar refractivity (Wildman–Crippen MR) is 103 cm³/mol. The van der Waals surface area contributed by atoms with Gasteiger partial charge in [-0.2, -0.15) is 4.31 Å². The van der Waals surface area contributed by atoms with E-state index in [1.165, 1.54) is 24.7 Å². The molecule has 6 heteroatoms. The molecule has 1 atom stereocenters. The third-order valence-corrected chi connectivity index (χ3v) is 6.18. The first-order chi connectivity index (χ1) is 12.3. The Hall–Kier alpha value is -2.18. The van der Waals surface area contributed by atoms with Gasteiger partial charge in [-0.3, -0.25) is 4.79 Å². The summed E-state index contributed by atoms with van der Waals surface area (Å²) in [6, 6.07) is 14.1. The zero-order chi connectivity index (χ0) is 19.3. The maximum atomic E-state index is 12.5. The van der Waals surface area contributed by atoms with E-state index in [1.807, 2.05) is 32.9 Å². The summed E-state index contributed by atoms with van der Waals surface area (Å²) in [5.41, 5.74) is 3.34. The lowest BCUT2D eigenvalue weighted by atomic mass is 9.97. The Kier molecular flexibility index (Phi) is 6.56. The number of hydrogen-bond acceptors (Lipinski definition) is 3. The van der Waals surface area contributed by atoms with Gasteiger partial charge < -0.3 is 5.32 Å². The highest BCUT2D eigenvalue weighted by Gasteiger charge is 2.24. The van der Waals surface area contributed by atoms with Gasteiger partial charge in [-0.25, -0.2) is 8.42 Å². The minimum atomic E-state index is -3.68. The van der Waals surface area contributed by atoms with Gasteiger partial charge >= 0.3 is 0 Å². The highest BCUT2D eigenvalue weighted by atomic mass is 32.2. The van der Waals surface area contributed by atoms with Crippen molar-refractivity contribution >= 4 is 15.9 Å². The number of aryl methyl sites for hydroxylation is 2. The smallest absolute Gasteiger partial charge is 0.243 e. The van der Waals surface area contributed by atoms with Crippen molar-refractivity contribution in [3.63, 3.8) is 0 Å². The van der Waals surface area contributed by atoms with E-state index >= 15 is 0 Å². The zero-order valence-corrected chi connectivity index (χ0v) is 16.5. The molecule has 5 nitrogen and oxygen atoms in total. The maximum absolute atomic E-state index is 12.5. The van der Waals surface area contributed by atoms with Crippen LogP contribution in [-0.2, 0) is 14.8 Å². The van der Waals surface area contributed by atoms with Crippen molar-refractivity contribution in [2.45, 2.75) is 38.1 Å². The third kappa shape index (κ3) is 4.71. The average Bonchev–Trinajstić information content (AvgIpc) is 2.60. The van der Waals surface area contributed by atoms with Crippen molar-refractivity contribution < 1.29 is 13.2 Å². The number of likely N-dealkylation sites (N-methyl/N-ethyl adjacent to an activating group) is 1. The van der Waals surface area contributed by atoms with Crippen LogP contribution in [0.1, 0.15) is 36.1 Å². The Bertz CT molecular complexity index is 864. The monoisotopic (exact) mass is 374 g/mol. The van der Waals surface area contributed by atoms with Crippen molar-refractivity contribution in [2.24, 2.45) is 0 Å². The number of amides is 1. The van der Waals surface area contributed by atoms with E-state index in [9.17, 15) is 13.2 Å². The van der Waals surface area contributed by atoms with Gasteiger partial charge in [0.1, 0.15) is 0 Å². The van der Waals surface area contributed by atoms with E-state index in [4.69, 9.17) is 0 Å². The molecule has 1 N–H and O–H groups in total. The number of nitrogens with zero attached hydrogens (tertiary/aromatic N) is 1. The maximum Gasteiger partial charge on any atom is 0.243 e. The van der Waals surface area contributed by atoms with E-state index < -0.39 is 10.0 Å². The number of benzene rings is 2. The molecule has 0 aliphatic rings. The highest BCUT2D eigenvalue weighted by Crippen LogP contribution is 2.22. The van der Waals surface area contributed by atoms with Crippen LogP contribution in [0.5, 0.6) is 0 Å². The molecule has 0 fully saturated rings. The lowest BCUT2D eigenvalue weighted by molar-refractivity contribution is -0.121. The Morgan fingerprint density at radius 1 is 1.12 bits per heavy atom. The van der Waals surface area contributed by atoms with Gasteiger partial charge in [-0.1, -0.05) is 48.9 Å². The second-order valence-electron chi connectivity index (χ2n) is 6.46. The molecule has 0 aromatic heterocycles. The van der Waals surface area contributed by atoms with Gasteiger partial charge in [0.2, 0.25) is 15.9 Å². The van der Waals surface area contributed by atoms with Crippen molar-refractivity contribution in [3.8, 4) is 0 Å². The van der Waals surface area contributed by atoms with Crippen molar-refractivity contribution in [1.82, 2.24) is 9.62 Å². The van der Waals surface area contributed by atoms with E-state index in [-0.39, 0.29) is 23.4 Å². The molecule has 26 heavy (non-hydrogen) atoms. The number of carbonyl (C=O) groups is 1. The largest absolute Gasteiger partial charge is 0.348 e. The van der Waals surface area contributed by atoms with Gasteiger partial charge in [0.15, 0.2) is 0 Å². The molecule has 0 radical (unpaired) electrons. The summed E-state index contributed by atoms with van der Waals surface area (Å²) in [5, 5.41) is 2.95. The summed E-state index contributed by atoms with van der Waals surface area (Å²) in [5.74, 6) is -0.321. The van der Waals surface area contributed by atoms with E-state index in [0.717, 1.165) is 21.9 Å². The molecule has 0 aliphatic carbocycles. The lowest BCUT2D eigenvalue weighted by Crippen LogP contribution is -2.39. The fourth-order valence-corrected chi connectivity index (χ4v) is 4.06. The quantitative estimate of drug-likeness (QED) is 0.809. The SMILES string of the molecule is CC[C@@H](NC(=O)CN(C)S(=O)(=O)c1ccccc1)c1ccc(C)cc1C. The van der Waals surface area contributed by atoms with Crippen LogP contribution in [0.25, 0.3) is 0 Å². The molecule has 0 heterocycles. The summed E-state index contributed by atoms with van der Waals surface area (Å²) in [7, 11) is -2.27. The molecule has 0 saturated heterocycles. The molecular weight excluding hydrogens is 348 g/mol. The minimum absolute atomic E-state index is 0.143. The zero-order valence-electron chi connectivity index (χ0n) is 15.7. The summed E-state index contributed by atoms with van der Waals surface area (Å²) in [6.45, 7) is 5.82. The van der Waals surface area contributed by atoms with Gasteiger partial charge in [0.25, 0.3) is 0 Å². The molecule has 2 aromatic carbocycles. The summed E-state index contributed by atoms with van der Waals surface area (Å²) >= 11 is 0. The van der Waals surface area contributed by atoms with Crippen LogP contribution < -0.4 is 5.32 Å². The van der Waals surface area contributed by atoms with E-state index in [1.54, 1.807) is 18.2 Å². The van der Waals surface area contributed by atoms with E-state index in [0.29, 0.717) is 0 Å². The van der Waals surface area contributed by atoms with Gasteiger partial charge in [0.05, 0.1) is 17.5 Å². The van der Waals surface area contributed by atoms with Crippen LogP contribution in [0, 0.1) is 13.8 Å². The number of carbonyl (C=O) groups excluding carboxylic acids is 1. The molecule has 2 rings (SSSR count). The number of sulfonamides is 1. The van der Waals surface area contributed by atoms with Crippen LogP contribution >= 0.6 is 0 Å². The number of nitrogens with one attached hydrogen (secondary N) is 1.